The molecular formula is C15H21BrN2O3. The van der Waals surface area contributed by atoms with E-state index in [0.717, 1.165) is 4.47 Å². The summed E-state index contributed by atoms with van der Waals surface area (Å²) in [4.78, 5) is 25.5. The molecule has 0 spiro atoms. The molecule has 0 saturated carbocycles. The van der Waals surface area contributed by atoms with Gasteiger partial charge in [0.15, 0.2) is 0 Å². The van der Waals surface area contributed by atoms with Crippen LogP contribution in [0.4, 0.5) is 5.69 Å². The lowest BCUT2D eigenvalue weighted by molar-refractivity contribution is -0.140. The number of amides is 1. The van der Waals surface area contributed by atoms with Crippen molar-refractivity contribution in [2.45, 2.75) is 20.3 Å². The predicted molar refractivity (Wildman–Crippen MR) is 85.9 cm³/mol. The zero-order chi connectivity index (χ0) is 16.0. The molecule has 0 aliphatic carbocycles. The van der Waals surface area contributed by atoms with Crippen LogP contribution < -0.4 is 5.73 Å². The van der Waals surface area contributed by atoms with Gasteiger partial charge in [-0.3, -0.25) is 9.59 Å². The van der Waals surface area contributed by atoms with Gasteiger partial charge >= 0.3 is 5.97 Å². The van der Waals surface area contributed by atoms with Crippen LogP contribution in [0, 0.1) is 5.92 Å². The number of rotatable bonds is 6. The molecule has 1 rings (SSSR count). The van der Waals surface area contributed by atoms with Crippen LogP contribution in [-0.4, -0.2) is 37.0 Å². The van der Waals surface area contributed by atoms with Gasteiger partial charge in [-0.15, -0.1) is 0 Å². The second-order valence-corrected chi connectivity index (χ2v) is 6.12. The van der Waals surface area contributed by atoms with Gasteiger partial charge in [0.1, 0.15) is 0 Å². The van der Waals surface area contributed by atoms with Gasteiger partial charge in [-0.25, -0.2) is 0 Å². The first-order valence-corrected chi connectivity index (χ1v) is 7.55. The van der Waals surface area contributed by atoms with Crippen LogP contribution in [0.5, 0.6) is 0 Å². The van der Waals surface area contributed by atoms with E-state index in [2.05, 4.69) is 20.7 Å². The summed E-state index contributed by atoms with van der Waals surface area (Å²) in [6, 6.07) is 5.16. The van der Waals surface area contributed by atoms with Crippen molar-refractivity contribution in [3.05, 3.63) is 28.2 Å². The highest BCUT2D eigenvalue weighted by Gasteiger charge is 2.20. The molecular weight excluding hydrogens is 336 g/mol. The highest BCUT2D eigenvalue weighted by Crippen LogP contribution is 2.20. The summed E-state index contributed by atoms with van der Waals surface area (Å²) in [5.74, 6) is -0.207. The number of carbonyl (C=O) groups is 2. The molecule has 2 N–H and O–H groups in total. The van der Waals surface area contributed by atoms with E-state index < -0.39 is 0 Å². The van der Waals surface area contributed by atoms with E-state index in [-0.39, 0.29) is 18.3 Å². The maximum absolute atomic E-state index is 12.6. The number of hydrogen-bond acceptors (Lipinski definition) is 4. The Balaban J connectivity index is 2.90. The van der Waals surface area contributed by atoms with Crippen molar-refractivity contribution in [3.8, 4) is 0 Å². The number of carbonyl (C=O) groups excluding carboxylic acids is 2. The summed E-state index contributed by atoms with van der Waals surface area (Å²) in [5.41, 5.74) is 6.77. The topological polar surface area (TPSA) is 72.6 Å². The molecule has 5 nitrogen and oxygen atoms in total. The molecule has 116 valence electrons. The normalized spacial score (nSPS) is 10.5. The van der Waals surface area contributed by atoms with Crippen LogP contribution >= 0.6 is 15.9 Å². The highest BCUT2D eigenvalue weighted by molar-refractivity contribution is 9.10. The fourth-order valence-electron chi connectivity index (χ4n) is 1.94. The Bertz CT molecular complexity index is 518. The van der Waals surface area contributed by atoms with Gasteiger partial charge in [0.05, 0.1) is 19.1 Å². The van der Waals surface area contributed by atoms with Crippen LogP contribution in [0.3, 0.4) is 0 Å². The van der Waals surface area contributed by atoms with E-state index >= 15 is 0 Å². The minimum absolute atomic E-state index is 0.169. The Morgan fingerprint density at radius 1 is 1.38 bits per heavy atom. The Kier molecular flexibility index (Phi) is 6.68. The van der Waals surface area contributed by atoms with Crippen molar-refractivity contribution < 1.29 is 14.3 Å². The second-order valence-electron chi connectivity index (χ2n) is 5.20. The van der Waals surface area contributed by atoms with E-state index in [9.17, 15) is 9.59 Å². The Morgan fingerprint density at radius 2 is 2.05 bits per heavy atom. The third kappa shape index (κ3) is 5.38. The molecule has 0 aliphatic heterocycles. The maximum Gasteiger partial charge on any atom is 0.307 e. The van der Waals surface area contributed by atoms with E-state index in [1.165, 1.54) is 7.11 Å². The lowest BCUT2D eigenvalue weighted by Crippen LogP contribution is -2.36. The van der Waals surface area contributed by atoms with Crippen molar-refractivity contribution >= 4 is 33.5 Å². The number of nitrogens with two attached hydrogens (primary N) is 1. The fourth-order valence-corrected chi connectivity index (χ4v) is 2.32. The van der Waals surface area contributed by atoms with E-state index in [4.69, 9.17) is 5.73 Å². The molecule has 6 heteroatoms. The fraction of sp³-hybridized carbons (Fsp3) is 0.467. The molecule has 0 saturated heterocycles. The first-order valence-electron chi connectivity index (χ1n) is 6.76. The molecule has 1 amide bonds. The summed E-state index contributed by atoms with van der Waals surface area (Å²) >= 11 is 3.32. The Morgan fingerprint density at radius 3 is 2.57 bits per heavy atom. The Labute approximate surface area is 133 Å². The molecule has 0 fully saturated rings. The summed E-state index contributed by atoms with van der Waals surface area (Å²) in [5, 5.41) is 0. The minimum Gasteiger partial charge on any atom is -0.469 e. The largest absolute Gasteiger partial charge is 0.469 e. The number of esters is 1. The standard InChI is InChI=1S/C15H21BrN2O3/c1-10(2)9-18(7-6-14(19)21-3)15(20)12-5-4-11(16)8-13(12)17/h4-5,8,10H,6-7,9,17H2,1-3H3. The Hall–Kier alpha value is -1.56. The monoisotopic (exact) mass is 356 g/mol. The predicted octanol–water partition coefficient (Wildman–Crippen LogP) is 2.69. The molecule has 0 aromatic heterocycles. The number of nitrogens with zero attached hydrogens (tertiary/aromatic N) is 1. The van der Waals surface area contributed by atoms with Crippen molar-refractivity contribution in [2.24, 2.45) is 5.92 Å². The number of nitrogen functional groups attached to an aromatic ring is 1. The van der Waals surface area contributed by atoms with Crippen molar-refractivity contribution in [1.82, 2.24) is 4.90 Å². The van der Waals surface area contributed by atoms with Gasteiger partial charge in [0, 0.05) is 23.2 Å². The summed E-state index contributed by atoms with van der Waals surface area (Å²) < 4.78 is 5.44. The molecule has 1 aromatic carbocycles. The third-order valence-corrected chi connectivity index (χ3v) is 3.42. The average molecular weight is 357 g/mol. The number of methoxy groups -OCH3 is 1. The van der Waals surface area contributed by atoms with Crippen molar-refractivity contribution in [3.63, 3.8) is 0 Å². The summed E-state index contributed by atoms with van der Waals surface area (Å²) in [6.45, 7) is 4.91. The van der Waals surface area contributed by atoms with Gasteiger partial charge in [0.25, 0.3) is 5.91 Å². The zero-order valence-electron chi connectivity index (χ0n) is 12.6. The maximum atomic E-state index is 12.6. The van der Waals surface area contributed by atoms with Crippen LogP contribution in [-0.2, 0) is 9.53 Å². The third-order valence-electron chi connectivity index (χ3n) is 2.93. The van der Waals surface area contributed by atoms with Crippen LogP contribution in [0.15, 0.2) is 22.7 Å². The molecule has 0 bridgehead atoms. The molecule has 0 heterocycles. The molecule has 0 radical (unpaired) electrons. The average Bonchev–Trinajstić information content (AvgIpc) is 2.42. The molecule has 21 heavy (non-hydrogen) atoms. The first kappa shape index (κ1) is 17.5. The number of ether oxygens (including phenoxy) is 1. The smallest absolute Gasteiger partial charge is 0.307 e. The van der Waals surface area contributed by atoms with Gasteiger partial charge in [-0.1, -0.05) is 29.8 Å². The molecule has 1 aromatic rings. The quantitative estimate of drug-likeness (QED) is 0.628. The van der Waals surface area contributed by atoms with Crippen molar-refractivity contribution in [2.75, 3.05) is 25.9 Å². The van der Waals surface area contributed by atoms with Crippen LogP contribution in [0.25, 0.3) is 0 Å². The summed E-state index contributed by atoms with van der Waals surface area (Å²) in [6.07, 6.45) is 0.172. The highest BCUT2D eigenvalue weighted by atomic mass is 79.9. The van der Waals surface area contributed by atoms with Crippen LogP contribution in [0.1, 0.15) is 30.6 Å². The number of halogens is 1. The lowest BCUT2D eigenvalue weighted by Gasteiger charge is -2.25. The van der Waals surface area contributed by atoms with Gasteiger partial charge < -0.3 is 15.4 Å². The molecule has 0 aliphatic rings. The van der Waals surface area contributed by atoms with E-state index in [1.54, 1.807) is 23.1 Å². The SMILES string of the molecule is COC(=O)CCN(CC(C)C)C(=O)c1ccc(Br)cc1N. The zero-order valence-corrected chi connectivity index (χ0v) is 14.1. The van der Waals surface area contributed by atoms with E-state index in [1.807, 2.05) is 13.8 Å². The number of benzene rings is 1. The first-order chi connectivity index (χ1) is 9.85. The van der Waals surface area contributed by atoms with Gasteiger partial charge in [-0.2, -0.15) is 0 Å². The van der Waals surface area contributed by atoms with Gasteiger partial charge in [-0.05, 0) is 24.1 Å². The number of hydrogen-bond donors (Lipinski definition) is 1. The second kappa shape index (κ2) is 8.02. The molecule has 0 unspecified atom stereocenters. The van der Waals surface area contributed by atoms with Crippen LogP contribution in [0.2, 0.25) is 0 Å². The minimum atomic E-state index is -0.333. The molecule has 0 atom stereocenters. The number of anilines is 1. The summed E-state index contributed by atoms with van der Waals surface area (Å²) in [7, 11) is 1.34. The van der Waals surface area contributed by atoms with E-state index in [0.29, 0.717) is 30.3 Å². The van der Waals surface area contributed by atoms with Crippen molar-refractivity contribution in [1.29, 1.82) is 0 Å². The lowest BCUT2D eigenvalue weighted by atomic mass is 10.1. The van der Waals surface area contributed by atoms with Gasteiger partial charge in [0.2, 0.25) is 0 Å².